The van der Waals surface area contributed by atoms with Crippen LogP contribution in [0.15, 0.2) is 18.2 Å². The fourth-order valence-electron chi connectivity index (χ4n) is 1.81. The molecule has 2 atom stereocenters. The number of aryl methyl sites for hydroxylation is 1. The van der Waals surface area contributed by atoms with Crippen LogP contribution in [0.3, 0.4) is 0 Å². The average molecular weight is 283 g/mol. The van der Waals surface area contributed by atoms with Gasteiger partial charge in [0.1, 0.15) is 5.82 Å². The third kappa shape index (κ3) is 5.99. The van der Waals surface area contributed by atoms with Crippen LogP contribution >= 0.6 is 0 Å². The number of rotatable bonds is 8. The zero-order chi connectivity index (χ0) is 15.1. The van der Waals surface area contributed by atoms with Crippen LogP contribution in [0, 0.1) is 18.7 Å². The van der Waals surface area contributed by atoms with E-state index in [0.29, 0.717) is 31.2 Å². The summed E-state index contributed by atoms with van der Waals surface area (Å²) in [6, 6.07) is 5.20. The molecule has 3 nitrogen and oxygen atoms in total. The van der Waals surface area contributed by atoms with Crippen LogP contribution < -0.4 is 5.32 Å². The van der Waals surface area contributed by atoms with Crippen molar-refractivity contribution >= 4 is 0 Å². The topological polar surface area (TPSA) is 41.5 Å². The molecule has 0 bridgehead atoms. The van der Waals surface area contributed by atoms with Crippen LogP contribution in [0.2, 0.25) is 0 Å². The van der Waals surface area contributed by atoms with Crippen LogP contribution in [0.25, 0.3) is 0 Å². The second kappa shape index (κ2) is 8.35. The van der Waals surface area contributed by atoms with Crippen LogP contribution in [0.5, 0.6) is 0 Å². The predicted molar refractivity (Wildman–Crippen MR) is 79.2 cm³/mol. The van der Waals surface area contributed by atoms with Gasteiger partial charge in [0.15, 0.2) is 0 Å². The molecule has 0 radical (unpaired) electrons. The van der Waals surface area contributed by atoms with E-state index in [1.807, 2.05) is 13.0 Å². The molecule has 0 saturated carbocycles. The number of ether oxygens (including phenoxy) is 1. The highest BCUT2D eigenvalue weighted by Crippen LogP contribution is 2.16. The molecule has 0 aromatic heterocycles. The number of benzene rings is 1. The molecule has 2 unspecified atom stereocenters. The molecule has 0 aliphatic rings. The highest BCUT2D eigenvalue weighted by atomic mass is 19.1. The summed E-state index contributed by atoms with van der Waals surface area (Å²) >= 11 is 0. The third-order valence-electron chi connectivity index (χ3n) is 3.12. The van der Waals surface area contributed by atoms with E-state index in [4.69, 9.17) is 4.74 Å². The maximum atomic E-state index is 13.5. The lowest BCUT2D eigenvalue weighted by molar-refractivity contribution is 0.0252. The zero-order valence-corrected chi connectivity index (χ0v) is 12.8. The van der Waals surface area contributed by atoms with E-state index in [1.165, 1.54) is 6.07 Å². The van der Waals surface area contributed by atoms with Gasteiger partial charge < -0.3 is 15.2 Å². The first-order chi connectivity index (χ1) is 9.40. The van der Waals surface area contributed by atoms with Gasteiger partial charge >= 0.3 is 0 Å². The highest BCUT2D eigenvalue weighted by molar-refractivity contribution is 5.25. The van der Waals surface area contributed by atoms with Gasteiger partial charge in [-0.05, 0) is 37.0 Å². The van der Waals surface area contributed by atoms with Crippen molar-refractivity contribution in [2.45, 2.75) is 39.8 Å². The molecule has 0 spiro atoms. The number of aliphatic hydroxyl groups excluding tert-OH is 1. The van der Waals surface area contributed by atoms with Gasteiger partial charge in [-0.15, -0.1) is 0 Å². The molecule has 2 N–H and O–H groups in total. The summed E-state index contributed by atoms with van der Waals surface area (Å²) in [6.07, 6.45) is -0.550. The van der Waals surface area contributed by atoms with Crippen LogP contribution in [-0.2, 0) is 4.74 Å². The van der Waals surface area contributed by atoms with E-state index in [9.17, 15) is 9.50 Å². The lowest BCUT2D eigenvalue weighted by Gasteiger charge is -2.18. The van der Waals surface area contributed by atoms with Gasteiger partial charge in [-0.1, -0.05) is 26.0 Å². The summed E-state index contributed by atoms with van der Waals surface area (Å²) in [4.78, 5) is 0. The SMILES string of the molecule is Cc1ccc(C(C)NCC(O)COCC(C)C)cc1F. The maximum absolute atomic E-state index is 13.5. The Bertz CT molecular complexity index is 409. The van der Waals surface area contributed by atoms with Crippen LogP contribution in [0.1, 0.15) is 37.9 Å². The first-order valence-corrected chi connectivity index (χ1v) is 7.15. The number of aliphatic hydroxyl groups is 1. The number of hydrogen-bond donors (Lipinski definition) is 2. The van der Waals surface area contributed by atoms with Gasteiger partial charge in [-0.25, -0.2) is 4.39 Å². The molecule has 1 aromatic rings. The maximum Gasteiger partial charge on any atom is 0.126 e. The van der Waals surface area contributed by atoms with E-state index < -0.39 is 6.10 Å². The standard InChI is InChI=1S/C16H26FNO2/c1-11(2)9-20-10-15(19)8-18-13(4)14-6-5-12(3)16(17)7-14/h5-7,11,13,15,18-19H,8-10H2,1-4H3. The second-order valence-electron chi connectivity index (χ2n) is 5.72. The minimum absolute atomic E-state index is 0.00940. The van der Waals surface area contributed by atoms with Gasteiger partial charge in [0, 0.05) is 19.2 Å². The molecule has 0 heterocycles. The molecule has 20 heavy (non-hydrogen) atoms. The summed E-state index contributed by atoms with van der Waals surface area (Å²) in [5.41, 5.74) is 1.52. The van der Waals surface area contributed by atoms with Crippen molar-refractivity contribution in [3.63, 3.8) is 0 Å². The monoisotopic (exact) mass is 283 g/mol. The quantitative estimate of drug-likeness (QED) is 0.771. The van der Waals surface area contributed by atoms with Gasteiger partial charge in [0.05, 0.1) is 12.7 Å². The molecule has 114 valence electrons. The van der Waals surface area contributed by atoms with Gasteiger partial charge in [0.25, 0.3) is 0 Å². The molecule has 0 amide bonds. The zero-order valence-electron chi connectivity index (χ0n) is 12.8. The first-order valence-electron chi connectivity index (χ1n) is 7.15. The Morgan fingerprint density at radius 3 is 2.55 bits per heavy atom. The van der Waals surface area contributed by atoms with Crippen molar-refractivity contribution in [1.29, 1.82) is 0 Å². The Kier molecular flexibility index (Phi) is 7.13. The molecule has 0 fully saturated rings. The number of nitrogens with one attached hydrogen (secondary N) is 1. The van der Waals surface area contributed by atoms with Crippen LogP contribution in [-0.4, -0.2) is 31.0 Å². The van der Waals surface area contributed by atoms with Gasteiger partial charge in [-0.3, -0.25) is 0 Å². The molecule has 0 aliphatic heterocycles. The average Bonchev–Trinajstić information content (AvgIpc) is 2.38. The summed E-state index contributed by atoms with van der Waals surface area (Å²) < 4.78 is 18.9. The minimum Gasteiger partial charge on any atom is -0.389 e. The predicted octanol–water partition coefficient (Wildman–Crippen LogP) is 2.82. The van der Waals surface area contributed by atoms with Crippen LogP contribution in [0.4, 0.5) is 4.39 Å². The van der Waals surface area contributed by atoms with Crippen molar-refractivity contribution < 1.29 is 14.2 Å². The summed E-state index contributed by atoms with van der Waals surface area (Å²) in [5.74, 6) is 0.265. The van der Waals surface area contributed by atoms with Crippen molar-refractivity contribution in [2.75, 3.05) is 19.8 Å². The highest BCUT2D eigenvalue weighted by Gasteiger charge is 2.10. The third-order valence-corrected chi connectivity index (χ3v) is 3.12. The van der Waals surface area contributed by atoms with Crippen molar-refractivity contribution in [2.24, 2.45) is 5.92 Å². The molecular formula is C16H26FNO2. The van der Waals surface area contributed by atoms with E-state index in [-0.39, 0.29) is 11.9 Å². The molecular weight excluding hydrogens is 257 g/mol. The fourth-order valence-corrected chi connectivity index (χ4v) is 1.81. The summed E-state index contributed by atoms with van der Waals surface area (Å²) in [5, 5.41) is 13.0. The van der Waals surface area contributed by atoms with E-state index in [2.05, 4.69) is 19.2 Å². The van der Waals surface area contributed by atoms with Gasteiger partial charge in [0.2, 0.25) is 0 Å². The lowest BCUT2D eigenvalue weighted by Crippen LogP contribution is -2.32. The largest absolute Gasteiger partial charge is 0.389 e. The van der Waals surface area contributed by atoms with E-state index in [1.54, 1.807) is 13.0 Å². The second-order valence-corrected chi connectivity index (χ2v) is 5.72. The summed E-state index contributed by atoms with van der Waals surface area (Å²) in [6.45, 7) is 9.22. The normalized spacial score (nSPS) is 14.6. The van der Waals surface area contributed by atoms with E-state index >= 15 is 0 Å². The Labute approximate surface area is 121 Å². The smallest absolute Gasteiger partial charge is 0.126 e. The number of halogens is 1. The van der Waals surface area contributed by atoms with Crippen molar-refractivity contribution in [3.8, 4) is 0 Å². The fraction of sp³-hybridized carbons (Fsp3) is 0.625. The molecule has 1 rings (SSSR count). The van der Waals surface area contributed by atoms with E-state index in [0.717, 1.165) is 5.56 Å². The van der Waals surface area contributed by atoms with Gasteiger partial charge in [-0.2, -0.15) is 0 Å². The Morgan fingerprint density at radius 2 is 1.95 bits per heavy atom. The molecule has 0 saturated heterocycles. The first kappa shape index (κ1) is 17.1. The molecule has 1 aromatic carbocycles. The van der Waals surface area contributed by atoms with Crippen molar-refractivity contribution in [1.82, 2.24) is 5.32 Å². The Hall–Kier alpha value is -0.970. The number of hydrogen-bond acceptors (Lipinski definition) is 3. The summed E-state index contributed by atoms with van der Waals surface area (Å²) in [7, 11) is 0. The molecule has 0 aliphatic carbocycles. The lowest BCUT2D eigenvalue weighted by atomic mass is 10.1. The Morgan fingerprint density at radius 1 is 1.25 bits per heavy atom. The molecule has 4 heteroatoms. The van der Waals surface area contributed by atoms with Crippen molar-refractivity contribution in [3.05, 3.63) is 35.1 Å². The minimum atomic E-state index is -0.550. The Balaban J connectivity index is 2.34.